The van der Waals surface area contributed by atoms with Gasteiger partial charge in [0.1, 0.15) is 23.6 Å². The van der Waals surface area contributed by atoms with E-state index in [9.17, 15) is 14.4 Å². The van der Waals surface area contributed by atoms with Gasteiger partial charge in [0, 0.05) is 13.0 Å². The van der Waals surface area contributed by atoms with Crippen LogP contribution in [0.25, 0.3) is 0 Å². The van der Waals surface area contributed by atoms with E-state index in [0.717, 1.165) is 5.56 Å². The van der Waals surface area contributed by atoms with Crippen molar-refractivity contribution in [1.82, 2.24) is 5.32 Å². The molecule has 0 bridgehead atoms. The fourth-order valence-electron chi connectivity index (χ4n) is 2.31. The molecule has 0 heterocycles. The van der Waals surface area contributed by atoms with Crippen LogP contribution in [0.15, 0.2) is 24.3 Å². The van der Waals surface area contributed by atoms with Crippen LogP contribution in [-0.4, -0.2) is 55.8 Å². The summed E-state index contributed by atoms with van der Waals surface area (Å²) in [7, 11) is 0. The zero-order valence-corrected chi connectivity index (χ0v) is 19.8. The number of alkyl carbamates (subject to hydrolysis) is 1. The summed E-state index contributed by atoms with van der Waals surface area (Å²) in [6.45, 7) is 11.5. The Hall–Kier alpha value is -2.81. The number of rotatable bonds is 10. The summed E-state index contributed by atoms with van der Waals surface area (Å²) in [4.78, 5) is 34.9. The number of hydrogen-bond donors (Lipinski definition) is 1. The van der Waals surface area contributed by atoms with E-state index in [1.807, 2.05) is 20.8 Å². The standard InChI is InChI=1S/C23H35NO8/c1-22(2,3)31-19(25)12-9-17-7-10-18(11-8-17)30-21(27)29-16-15-28-14-13-24-20(26)32-23(4,5)6/h7-8,10-11H,9,12-16H2,1-6H3,(H,24,26). The molecule has 1 aromatic carbocycles. The molecule has 9 nitrogen and oxygen atoms in total. The normalized spacial score (nSPS) is 11.4. The Morgan fingerprint density at radius 3 is 2.06 bits per heavy atom. The number of esters is 1. The minimum atomic E-state index is -0.845. The van der Waals surface area contributed by atoms with E-state index in [0.29, 0.717) is 12.2 Å². The van der Waals surface area contributed by atoms with Crippen molar-refractivity contribution in [2.75, 3.05) is 26.4 Å². The molecular weight excluding hydrogens is 418 g/mol. The van der Waals surface area contributed by atoms with Crippen LogP contribution in [0.1, 0.15) is 53.5 Å². The van der Waals surface area contributed by atoms with Gasteiger partial charge in [-0.15, -0.1) is 0 Å². The lowest BCUT2D eigenvalue weighted by Crippen LogP contribution is -2.34. The molecule has 0 fully saturated rings. The number of carbonyl (C=O) groups excluding carboxylic acids is 3. The van der Waals surface area contributed by atoms with E-state index in [2.05, 4.69) is 5.32 Å². The first kappa shape index (κ1) is 27.2. The van der Waals surface area contributed by atoms with Gasteiger partial charge in [0.2, 0.25) is 0 Å². The molecule has 0 aromatic heterocycles. The highest BCUT2D eigenvalue weighted by atomic mass is 16.7. The molecule has 0 radical (unpaired) electrons. The largest absolute Gasteiger partial charge is 0.513 e. The van der Waals surface area contributed by atoms with Gasteiger partial charge in [0.05, 0.1) is 13.2 Å². The first-order chi connectivity index (χ1) is 14.8. The van der Waals surface area contributed by atoms with Crippen LogP contribution in [0, 0.1) is 0 Å². The number of benzene rings is 1. The minimum absolute atomic E-state index is 0.0131. The van der Waals surface area contributed by atoms with Gasteiger partial charge in [-0.05, 0) is 65.7 Å². The molecule has 9 heteroatoms. The Morgan fingerprint density at radius 2 is 1.47 bits per heavy atom. The summed E-state index contributed by atoms with van der Waals surface area (Å²) < 4.78 is 25.6. The van der Waals surface area contributed by atoms with Crippen molar-refractivity contribution in [2.45, 2.75) is 65.6 Å². The lowest BCUT2D eigenvalue weighted by molar-refractivity contribution is -0.154. The van der Waals surface area contributed by atoms with Crippen LogP contribution >= 0.6 is 0 Å². The fraction of sp³-hybridized carbons (Fsp3) is 0.609. The third-order valence-corrected chi connectivity index (χ3v) is 3.52. The third kappa shape index (κ3) is 14.2. The molecule has 0 aliphatic heterocycles. The van der Waals surface area contributed by atoms with Crippen molar-refractivity contribution in [1.29, 1.82) is 0 Å². The van der Waals surface area contributed by atoms with Crippen molar-refractivity contribution in [2.24, 2.45) is 0 Å². The molecule has 1 amide bonds. The highest BCUT2D eigenvalue weighted by molar-refractivity contribution is 5.70. The van der Waals surface area contributed by atoms with E-state index < -0.39 is 23.5 Å². The summed E-state index contributed by atoms with van der Waals surface area (Å²) in [6, 6.07) is 6.80. The maximum Gasteiger partial charge on any atom is 0.513 e. The summed E-state index contributed by atoms with van der Waals surface area (Å²) in [5.74, 6) is 0.0720. The zero-order valence-electron chi connectivity index (χ0n) is 19.8. The van der Waals surface area contributed by atoms with Gasteiger partial charge < -0.3 is 29.0 Å². The molecule has 0 aliphatic rings. The predicted octanol–water partition coefficient (Wildman–Crippen LogP) is 4.02. The number of carbonyl (C=O) groups is 3. The van der Waals surface area contributed by atoms with Gasteiger partial charge in [0.25, 0.3) is 0 Å². The zero-order chi connectivity index (χ0) is 24.2. The Morgan fingerprint density at radius 1 is 0.844 bits per heavy atom. The highest BCUT2D eigenvalue weighted by Gasteiger charge is 2.16. The summed E-state index contributed by atoms with van der Waals surface area (Å²) in [6.07, 6.45) is -0.564. The molecule has 0 spiro atoms. The van der Waals surface area contributed by atoms with Crippen LogP contribution < -0.4 is 10.1 Å². The maximum atomic E-state index is 11.8. The molecular formula is C23H35NO8. The first-order valence-electron chi connectivity index (χ1n) is 10.5. The van der Waals surface area contributed by atoms with Crippen molar-refractivity contribution in [3.63, 3.8) is 0 Å². The van der Waals surface area contributed by atoms with Gasteiger partial charge in [0.15, 0.2) is 0 Å². The van der Waals surface area contributed by atoms with Crippen LogP contribution in [0.3, 0.4) is 0 Å². The number of ether oxygens (including phenoxy) is 5. The minimum Gasteiger partial charge on any atom is -0.460 e. The second kappa shape index (κ2) is 12.9. The lowest BCUT2D eigenvalue weighted by Gasteiger charge is -2.19. The molecule has 0 aliphatic carbocycles. The van der Waals surface area contributed by atoms with Gasteiger partial charge >= 0.3 is 18.2 Å². The SMILES string of the molecule is CC(C)(C)OC(=O)CCc1ccc(OC(=O)OCCOCCNC(=O)OC(C)(C)C)cc1. The van der Waals surface area contributed by atoms with Crippen LogP contribution in [-0.2, 0) is 30.2 Å². The third-order valence-electron chi connectivity index (χ3n) is 3.52. The Bertz CT molecular complexity index is 732. The van der Waals surface area contributed by atoms with Crippen LogP contribution in [0.4, 0.5) is 9.59 Å². The quantitative estimate of drug-likeness (QED) is 0.245. The Kier molecular flexibility index (Phi) is 11.0. The molecule has 180 valence electrons. The Balaban J connectivity index is 2.16. The second-order valence-corrected chi connectivity index (χ2v) is 8.97. The molecule has 0 unspecified atom stereocenters. The van der Waals surface area contributed by atoms with Gasteiger partial charge in [-0.25, -0.2) is 9.59 Å². The topological polar surface area (TPSA) is 109 Å². The first-order valence-corrected chi connectivity index (χ1v) is 10.5. The summed E-state index contributed by atoms with van der Waals surface area (Å²) in [5.41, 5.74) is -0.138. The van der Waals surface area contributed by atoms with Crippen LogP contribution in [0.5, 0.6) is 5.75 Å². The predicted molar refractivity (Wildman–Crippen MR) is 118 cm³/mol. The summed E-state index contributed by atoms with van der Waals surface area (Å²) in [5, 5.41) is 2.56. The smallest absolute Gasteiger partial charge is 0.460 e. The van der Waals surface area contributed by atoms with Gasteiger partial charge in [-0.3, -0.25) is 4.79 Å². The second-order valence-electron chi connectivity index (χ2n) is 8.97. The van der Waals surface area contributed by atoms with E-state index in [1.165, 1.54) is 0 Å². The van der Waals surface area contributed by atoms with E-state index in [4.69, 9.17) is 23.7 Å². The van der Waals surface area contributed by atoms with Crippen molar-refractivity contribution < 1.29 is 38.1 Å². The number of aryl methyl sites for hydroxylation is 1. The number of amides is 1. The average Bonchev–Trinajstić information content (AvgIpc) is 2.64. The number of nitrogens with one attached hydrogen (secondary N) is 1. The van der Waals surface area contributed by atoms with Gasteiger partial charge in [-0.2, -0.15) is 0 Å². The molecule has 0 saturated heterocycles. The van der Waals surface area contributed by atoms with Crippen molar-refractivity contribution in [3.8, 4) is 5.75 Å². The number of hydrogen-bond acceptors (Lipinski definition) is 8. The monoisotopic (exact) mass is 453 g/mol. The lowest BCUT2D eigenvalue weighted by atomic mass is 10.1. The highest BCUT2D eigenvalue weighted by Crippen LogP contribution is 2.15. The van der Waals surface area contributed by atoms with Gasteiger partial charge in [-0.1, -0.05) is 12.1 Å². The molecule has 1 aromatic rings. The van der Waals surface area contributed by atoms with Crippen LogP contribution in [0.2, 0.25) is 0 Å². The molecule has 1 N–H and O–H groups in total. The Labute approximate surface area is 189 Å². The molecule has 0 atom stereocenters. The molecule has 1 rings (SSSR count). The van der Waals surface area contributed by atoms with E-state index in [-0.39, 0.29) is 38.8 Å². The summed E-state index contributed by atoms with van der Waals surface area (Å²) >= 11 is 0. The van der Waals surface area contributed by atoms with E-state index in [1.54, 1.807) is 45.0 Å². The molecule has 32 heavy (non-hydrogen) atoms. The average molecular weight is 454 g/mol. The van der Waals surface area contributed by atoms with E-state index >= 15 is 0 Å². The fourth-order valence-corrected chi connectivity index (χ4v) is 2.31. The van der Waals surface area contributed by atoms with Crippen molar-refractivity contribution in [3.05, 3.63) is 29.8 Å². The van der Waals surface area contributed by atoms with Crippen molar-refractivity contribution >= 4 is 18.2 Å². The molecule has 0 saturated carbocycles. The maximum absolute atomic E-state index is 11.8.